The fraction of sp³-hybridized carbons (Fsp3) is 0.357. The molecule has 0 bridgehead atoms. The Balaban J connectivity index is 1.71. The molecular formula is C28H30N2O4. The molecule has 5 rings (SSSR count). The standard InChI is InChI=1S/C28H30N2O4/c1-6-14-30-22-11-9-8-10-21(22)27(3,7-2)28(30)17-29-25-19-16-20(26(31)33-5)24(32-4)15-18(19)12-13-23(25)34-28/h8-13,15-17H,6-7,14H2,1-5H3. The van der Waals surface area contributed by atoms with E-state index in [-0.39, 0.29) is 5.41 Å². The molecule has 2 atom stereocenters. The normalized spacial score (nSPS) is 22.4. The summed E-state index contributed by atoms with van der Waals surface area (Å²) in [6, 6.07) is 16.1. The van der Waals surface area contributed by atoms with Crippen LogP contribution >= 0.6 is 0 Å². The lowest BCUT2D eigenvalue weighted by Gasteiger charge is -2.47. The second-order valence-corrected chi connectivity index (χ2v) is 9.09. The Bertz CT molecular complexity index is 1320. The van der Waals surface area contributed by atoms with E-state index in [9.17, 15) is 4.79 Å². The first kappa shape index (κ1) is 22.3. The largest absolute Gasteiger partial charge is 0.496 e. The van der Waals surface area contributed by atoms with Crippen molar-refractivity contribution in [3.05, 3.63) is 59.7 Å². The number of benzene rings is 3. The number of para-hydroxylation sites is 1. The molecule has 3 aromatic rings. The molecule has 2 aliphatic heterocycles. The Hall–Kier alpha value is -3.54. The molecule has 2 heterocycles. The molecule has 0 fully saturated rings. The number of aliphatic imine (C=N–C) groups is 1. The van der Waals surface area contributed by atoms with Crippen molar-refractivity contribution in [2.75, 3.05) is 25.7 Å². The number of hydrogen-bond acceptors (Lipinski definition) is 6. The van der Waals surface area contributed by atoms with Gasteiger partial charge in [-0.05, 0) is 55.0 Å². The molecular weight excluding hydrogens is 428 g/mol. The summed E-state index contributed by atoms with van der Waals surface area (Å²) in [5.74, 6) is 0.715. The van der Waals surface area contributed by atoms with E-state index in [0.29, 0.717) is 22.7 Å². The van der Waals surface area contributed by atoms with Crippen molar-refractivity contribution in [1.29, 1.82) is 0 Å². The number of nitrogens with zero attached hydrogens (tertiary/aromatic N) is 2. The molecule has 0 aromatic heterocycles. The second-order valence-electron chi connectivity index (χ2n) is 9.09. The van der Waals surface area contributed by atoms with Crippen LogP contribution < -0.4 is 14.4 Å². The average Bonchev–Trinajstić information content (AvgIpc) is 3.07. The highest BCUT2D eigenvalue weighted by Gasteiger charge is 2.61. The van der Waals surface area contributed by atoms with Crippen molar-refractivity contribution in [3.8, 4) is 11.5 Å². The fourth-order valence-electron chi connectivity index (χ4n) is 5.49. The highest BCUT2D eigenvalue weighted by molar-refractivity contribution is 6.05. The number of esters is 1. The van der Waals surface area contributed by atoms with Gasteiger partial charge in [0, 0.05) is 17.6 Å². The number of hydrogen-bond donors (Lipinski definition) is 0. The van der Waals surface area contributed by atoms with Crippen LogP contribution in [0.15, 0.2) is 53.5 Å². The molecule has 1 spiro atoms. The smallest absolute Gasteiger partial charge is 0.341 e. The van der Waals surface area contributed by atoms with Crippen LogP contribution in [-0.2, 0) is 10.2 Å². The van der Waals surface area contributed by atoms with Gasteiger partial charge in [0.2, 0.25) is 5.72 Å². The number of ether oxygens (including phenoxy) is 3. The van der Waals surface area contributed by atoms with Crippen molar-refractivity contribution in [3.63, 3.8) is 0 Å². The summed E-state index contributed by atoms with van der Waals surface area (Å²) in [6.07, 6.45) is 3.85. The number of anilines is 1. The maximum atomic E-state index is 12.4. The van der Waals surface area contributed by atoms with Gasteiger partial charge in [0.05, 0.1) is 25.8 Å². The van der Waals surface area contributed by atoms with Gasteiger partial charge >= 0.3 is 5.97 Å². The van der Waals surface area contributed by atoms with E-state index in [2.05, 4.69) is 49.9 Å². The quantitative estimate of drug-likeness (QED) is 0.437. The predicted molar refractivity (Wildman–Crippen MR) is 135 cm³/mol. The molecule has 3 aromatic carbocycles. The zero-order valence-corrected chi connectivity index (χ0v) is 20.3. The molecule has 0 amide bonds. The van der Waals surface area contributed by atoms with E-state index >= 15 is 0 Å². The van der Waals surface area contributed by atoms with Gasteiger partial charge in [-0.1, -0.05) is 38.1 Å². The van der Waals surface area contributed by atoms with Gasteiger partial charge in [0.15, 0.2) is 0 Å². The minimum atomic E-state index is -0.736. The minimum Gasteiger partial charge on any atom is -0.496 e. The minimum absolute atomic E-state index is 0.286. The molecule has 2 aliphatic rings. The number of rotatable bonds is 5. The Morgan fingerprint density at radius 2 is 1.91 bits per heavy atom. The Morgan fingerprint density at radius 1 is 1.12 bits per heavy atom. The molecule has 0 N–H and O–H groups in total. The van der Waals surface area contributed by atoms with Gasteiger partial charge in [-0.2, -0.15) is 0 Å². The van der Waals surface area contributed by atoms with Crippen LogP contribution in [0.1, 0.15) is 49.5 Å². The lowest BCUT2D eigenvalue weighted by Crippen LogP contribution is -2.63. The predicted octanol–water partition coefficient (Wildman–Crippen LogP) is 6.02. The van der Waals surface area contributed by atoms with E-state index in [1.54, 1.807) is 13.2 Å². The van der Waals surface area contributed by atoms with Gasteiger partial charge < -0.3 is 19.1 Å². The number of methoxy groups -OCH3 is 2. The van der Waals surface area contributed by atoms with Crippen molar-refractivity contribution >= 4 is 34.3 Å². The maximum absolute atomic E-state index is 12.4. The Morgan fingerprint density at radius 3 is 2.62 bits per heavy atom. The van der Waals surface area contributed by atoms with Crippen molar-refractivity contribution in [2.45, 2.75) is 44.8 Å². The maximum Gasteiger partial charge on any atom is 0.341 e. The van der Waals surface area contributed by atoms with Crippen LogP contribution in [0.2, 0.25) is 0 Å². The first-order valence-electron chi connectivity index (χ1n) is 11.8. The molecule has 0 radical (unpaired) electrons. The third kappa shape index (κ3) is 2.87. The van der Waals surface area contributed by atoms with Crippen LogP contribution in [-0.4, -0.2) is 38.7 Å². The first-order chi connectivity index (χ1) is 16.4. The van der Waals surface area contributed by atoms with Gasteiger partial charge in [-0.3, -0.25) is 4.99 Å². The Labute approximate surface area is 200 Å². The molecule has 0 saturated heterocycles. The third-order valence-corrected chi connectivity index (χ3v) is 7.45. The first-order valence-corrected chi connectivity index (χ1v) is 11.8. The summed E-state index contributed by atoms with van der Waals surface area (Å²) < 4.78 is 17.4. The van der Waals surface area contributed by atoms with E-state index in [1.807, 2.05) is 24.4 Å². The van der Waals surface area contributed by atoms with Gasteiger partial charge in [0.1, 0.15) is 22.7 Å². The molecule has 0 aliphatic carbocycles. The van der Waals surface area contributed by atoms with E-state index in [0.717, 1.165) is 30.2 Å². The third-order valence-electron chi connectivity index (χ3n) is 7.45. The van der Waals surface area contributed by atoms with Crippen LogP contribution in [0.3, 0.4) is 0 Å². The number of fused-ring (bicyclic) bond motifs is 4. The SMILES string of the molecule is CCCN1c2ccccc2C(C)(CC)C12C=Nc1c(ccc3cc(OC)c(C(=O)OC)cc13)O2. The van der Waals surface area contributed by atoms with Gasteiger partial charge in [-0.25, -0.2) is 4.79 Å². The van der Waals surface area contributed by atoms with Crippen molar-refractivity contribution in [2.24, 2.45) is 4.99 Å². The van der Waals surface area contributed by atoms with Crippen molar-refractivity contribution in [1.82, 2.24) is 0 Å². The van der Waals surface area contributed by atoms with Crippen LogP contribution in [0.5, 0.6) is 11.5 Å². The number of carbonyl (C=O) groups is 1. The summed E-state index contributed by atoms with van der Waals surface area (Å²) in [4.78, 5) is 19.8. The zero-order chi connectivity index (χ0) is 24.1. The van der Waals surface area contributed by atoms with Crippen LogP contribution in [0.4, 0.5) is 11.4 Å². The van der Waals surface area contributed by atoms with Crippen molar-refractivity contribution < 1.29 is 19.0 Å². The molecule has 6 nitrogen and oxygen atoms in total. The monoisotopic (exact) mass is 458 g/mol. The summed E-state index contributed by atoms with van der Waals surface area (Å²) in [5.41, 5.74) is 2.52. The van der Waals surface area contributed by atoms with Crippen LogP contribution in [0.25, 0.3) is 10.8 Å². The zero-order valence-electron chi connectivity index (χ0n) is 20.3. The number of carbonyl (C=O) groups excluding carboxylic acids is 1. The molecule has 34 heavy (non-hydrogen) atoms. The highest BCUT2D eigenvalue weighted by atomic mass is 16.5. The summed E-state index contributed by atoms with van der Waals surface area (Å²) in [6.45, 7) is 7.50. The van der Waals surface area contributed by atoms with E-state index in [1.165, 1.54) is 18.4 Å². The van der Waals surface area contributed by atoms with Gasteiger partial charge in [-0.15, -0.1) is 0 Å². The highest BCUT2D eigenvalue weighted by Crippen LogP contribution is 2.56. The molecule has 176 valence electrons. The van der Waals surface area contributed by atoms with E-state index in [4.69, 9.17) is 19.2 Å². The summed E-state index contributed by atoms with van der Waals surface area (Å²) in [7, 11) is 2.91. The topological polar surface area (TPSA) is 60.4 Å². The van der Waals surface area contributed by atoms with E-state index < -0.39 is 11.7 Å². The summed E-state index contributed by atoms with van der Waals surface area (Å²) >= 11 is 0. The fourth-order valence-corrected chi connectivity index (χ4v) is 5.49. The van der Waals surface area contributed by atoms with Gasteiger partial charge in [0.25, 0.3) is 0 Å². The Kier molecular flexibility index (Phi) is 5.27. The molecule has 2 unspecified atom stereocenters. The van der Waals surface area contributed by atoms with Crippen LogP contribution in [0, 0.1) is 0 Å². The lowest BCUT2D eigenvalue weighted by molar-refractivity contribution is 0.0597. The molecule has 0 saturated carbocycles. The average molecular weight is 459 g/mol. The second kappa shape index (κ2) is 8.05. The molecule has 6 heteroatoms. The summed E-state index contributed by atoms with van der Waals surface area (Å²) in [5, 5.41) is 1.74. The lowest BCUT2D eigenvalue weighted by atomic mass is 9.73.